The van der Waals surface area contributed by atoms with E-state index in [1.165, 1.54) is 0 Å². The summed E-state index contributed by atoms with van der Waals surface area (Å²) in [6, 6.07) is 9.21. The van der Waals surface area contributed by atoms with E-state index in [2.05, 4.69) is 10.3 Å². The van der Waals surface area contributed by atoms with Crippen molar-refractivity contribution < 1.29 is 9.50 Å². The van der Waals surface area contributed by atoms with Gasteiger partial charge in [-0.2, -0.15) is 11.8 Å². The summed E-state index contributed by atoms with van der Waals surface area (Å²) in [7, 11) is 0. The third-order valence-corrected chi connectivity index (χ3v) is 4.23. The van der Waals surface area contributed by atoms with Crippen molar-refractivity contribution in [3.63, 3.8) is 0 Å². The molecule has 2 rings (SSSR count). The molecule has 5 heteroatoms. The second-order valence-electron chi connectivity index (χ2n) is 5.09. The van der Waals surface area contributed by atoms with Crippen molar-refractivity contribution in [2.45, 2.75) is 19.0 Å². The number of aliphatic hydroxyl groups excluding tert-OH is 1. The highest BCUT2D eigenvalue weighted by molar-refractivity contribution is 7.98. The van der Waals surface area contributed by atoms with Crippen molar-refractivity contribution in [2.24, 2.45) is 0 Å². The van der Waals surface area contributed by atoms with Gasteiger partial charge < -0.3 is 10.4 Å². The number of nitrogens with one attached hydrogen (secondary N) is 1. The molecule has 0 fully saturated rings. The zero-order chi connectivity index (χ0) is 15.8. The topological polar surface area (TPSA) is 45.1 Å². The Hall–Kier alpha value is -1.43. The summed E-state index contributed by atoms with van der Waals surface area (Å²) in [4.78, 5) is 3.97. The first kappa shape index (κ1) is 16.9. The van der Waals surface area contributed by atoms with Gasteiger partial charge in [0.1, 0.15) is 5.82 Å². The summed E-state index contributed by atoms with van der Waals surface area (Å²) in [5.74, 6) is 0.686. The number of hydrogen-bond donors (Lipinski definition) is 2. The highest BCUT2D eigenvalue weighted by Crippen LogP contribution is 2.21. The third-order valence-electron chi connectivity index (χ3n) is 3.49. The van der Waals surface area contributed by atoms with Gasteiger partial charge in [0.2, 0.25) is 0 Å². The monoisotopic (exact) mass is 320 g/mol. The molecule has 0 aliphatic heterocycles. The molecule has 22 heavy (non-hydrogen) atoms. The Morgan fingerprint density at radius 3 is 2.64 bits per heavy atom. The van der Waals surface area contributed by atoms with Gasteiger partial charge in [-0.15, -0.1) is 0 Å². The number of aliphatic hydroxyl groups is 1. The van der Waals surface area contributed by atoms with Gasteiger partial charge in [-0.3, -0.25) is 4.98 Å². The maximum Gasteiger partial charge on any atom is 0.128 e. The molecule has 0 amide bonds. The fraction of sp³-hybridized carbons (Fsp3) is 0.353. The molecule has 0 aliphatic carbocycles. The fourth-order valence-electron chi connectivity index (χ4n) is 2.27. The fourth-order valence-corrected chi connectivity index (χ4v) is 2.96. The lowest BCUT2D eigenvalue weighted by molar-refractivity contribution is 0.269. The van der Waals surface area contributed by atoms with E-state index in [1.54, 1.807) is 30.2 Å². The third kappa shape index (κ3) is 4.80. The van der Waals surface area contributed by atoms with Crippen LogP contribution in [0.15, 0.2) is 42.7 Å². The number of aromatic nitrogens is 1. The number of halogens is 1. The van der Waals surface area contributed by atoms with Gasteiger partial charge in [0, 0.05) is 42.9 Å². The van der Waals surface area contributed by atoms with Crippen LogP contribution in [0.2, 0.25) is 0 Å². The molecule has 1 atom stereocenters. The van der Waals surface area contributed by atoms with Gasteiger partial charge in [0.15, 0.2) is 0 Å². The quantitative estimate of drug-likeness (QED) is 0.784. The molecule has 0 saturated carbocycles. The van der Waals surface area contributed by atoms with Gasteiger partial charge >= 0.3 is 0 Å². The number of rotatable bonds is 8. The molecule has 3 nitrogen and oxygen atoms in total. The van der Waals surface area contributed by atoms with Crippen LogP contribution in [0.5, 0.6) is 0 Å². The molecule has 2 N–H and O–H groups in total. The maximum absolute atomic E-state index is 14.2. The van der Waals surface area contributed by atoms with Crippen molar-refractivity contribution >= 4 is 11.8 Å². The standard InChI is InChI=1S/C17H21FN2OS/c1-22-12-16(6-9-21)20-11-15-3-2-14(10-17(15)18)13-4-7-19-8-5-13/h2-5,7-8,10,16,20-21H,6,9,11-12H2,1H3. The first-order valence-electron chi connectivity index (χ1n) is 7.26. The molecule has 0 bridgehead atoms. The molecule has 1 heterocycles. The summed E-state index contributed by atoms with van der Waals surface area (Å²) in [6.45, 7) is 0.607. The Kier molecular flexibility index (Phi) is 6.83. The minimum Gasteiger partial charge on any atom is -0.396 e. The lowest BCUT2D eigenvalue weighted by Crippen LogP contribution is -2.32. The Labute approximate surface area is 135 Å². The van der Waals surface area contributed by atoms with E-state index in [9.17, 15) is 4.39 Å². The number of thioether (sulfide) groups is 1. The number of benzene rings is 1. The van der Waals surface area contributed by atoms with Crippen LogP contribution in [0.3, 0.4) is 0 Å². The van der Waals surface area contributed by atoms with Crippen LogP contribution in [0.25, 0.3) is 11.1 Å². The number of nitrogens with zero attached hydrogens (tertiary/aromatic N) is 1. The highest BCUT2D eigenvalue weighted by atomic mass is 32.2. The van der Waals surface area contributed by atoms with E-state index in [0.717, 1.165) is 16.9 Å². The largest absolute Gasteiger partial charge is 0.396 e. The van der Waals surface area contributed by atoms with Crippen LogP contribution in [0, 0.1) is 5.82 Å². The Bertz CT molecular complexity index is 574. The van der Waals surface area contributed by atoms with Gasteiger partial charge in [0.05, 0.1) is 0 Å². The zero-order valence-corrected chi connectivity index (χ0v) is 13.4. The van der Waals surface area contributed by atoms with Crippen LogP contribution in [0.1, 0.15) is 12.0 Å². The molecule has 0 radical (unpaired) electrons. The van der Waals surface area contributed by atoms with Gasteiger partial charge in [-0.1, -0.05) is 12.1 Å². The molecule has 2 aromatic rings. The molecule has 0 aliphatic rings. The molecule has 1 aromatic heterocycles. The smallest absolute Gasteiger partial charge is 0.128 e. The highest BCUT2D eigenvalue weighted by Gasteiger charge is 2.10. The lowest BCUT2D eigenvalue weighted by Gasteiger charge is -2.17. The van der Waals surface area contributed by atoms with Crippen molar-refractivity contribution in [1.29, 1.82) is 0 Å². The van der Waals surface area contributed by atoms with Gasteiger partial charge in [-0.25, -0.2) is 4.39 Å². The molecule has 0 spiro atoms. The molecule has 0 saturated heterocycles. The minimum atomic E-state index is -0.214. The summed E-state index contributed by atoms with van der Waals surface area (Å²) in [6.07, 6.45) is 6.10. The SMILES string of the molecule is CSCC(CCO)NCc1ccc(-c2ccncc2)cc1F. The van der Waals surface area contributed by atoms with Crippen LogP contribution in [-0.2, 0) is 6.54 Å². The van der Waals surface area contributed by atoms with Crippen molar-refractivity contribution in [3.05, 3.63) is 54.1 Å². The van der Waals surface area contributed by atoms with E-state index >= 15 is 0 Å². The Balaban J connectivity index is 2.03. The number of pyridine rings is 1. The van der Waals surface area contributed by atoms with Crippen LogP contribution in [0.4, 0.5) is 4.39 Å². The normalized spacial score (nSPS) is 12.3. The van der Waals surface area contributed by atoms with Gasteiger partial charge in [-0.05, 0) is 42.0 Å². The predicted octanol–water partition coefficient (Wildman–Crippen LogP) is 3.09. The van der Waals surface area contributed by atoms with Crippen molar-refractivity contribution in [1.82, 2.24) is 10.3 Å². The van der Waals surface area contributed by atoms with E-state index in [1.807, 2.05) is 30.5 Å². The number of hydrogen-bond acceptors (Lipinski definition) is 4. The van der Waals surface area contributed by atoms with E-state index in [4.69, 9.17) is 5.11 Å². The van der Waals surface area contributed by atoms with E-state index < -0.39 is 0 Å². The molecule has 1 unspecified atom stereocenters. The first-order chi connectivity index (χ1) is 10.7. The molecular formula is C17H21FN2OS. The van der Waals surface area contributed by atoms with Crippen LogP contribution < -0.4 is 5.32 Å². The van der Waals surface area contributed by atoms with E-state index in [0.29, 0.717) is 18.5 Å². The molecular weight excluding hydrogens is 299 g/mol. The lowest BCUT2D eigenvalue weighted by atomic mass is 10.0. The molecule has 1 aromatic carbocycles. The van der Waals surface area contributed by atoms with Crippen molar-refractivity contribution in [2.75, 3.05) is 18.6 Å². The zero-order valence-electron chi connectivity index (χ0n) is 12.6. The summed E-state index contributed by atoms with van der Waals surface area (Å²) < 4.78 is 14.2. The summed E-state index contributed by atoms with van der Waals surface area (Å²) >= 11 is 1.72. The molecule has 118 valence electrons. The Morgan fingerprint density at radius 2 is 2.00 bits per heavy atom. The summed E-state index contributed by atoms with van der Waals surface area (Å²) in [5, 5.41) is 12.4. The second kappa shape index (κ2) is 8.88. The van der Waals surface area contributed by atoms with Crippen LogP contribution in [-0.4, -0.2) is 34.7 Å². The van der Waals surface area contributed by atoms with Gasteiger partial charge in [0.25, 0.3) is 0 Å². The predicted molar refractivity (Wildman–Crippen MR) is 90.3 cm³/mol. The van der Waals surface area contributed by atoms with E-state index in [-0.39, 0.29) is 18.5 Å². The van der Waals surface area contributed by atoms with Crippen molar-refractivity contribution in [3.8, 4) is 11.1 Å². The average Bonchev–Trinajstić information content (AvgIpc) is 2.55. The first-order valence-corrected chi connectivity index (χ1v) is 8.66. The van der Waals surface area contributed by atoms with Crippen LogP contribution >= 0.6 is 11.8 Å². The second-order valence-corrected chi connectivity index (χ2v) is 6.00. The summed E-state index contributed by atoms with van der Waals surface area (Å²) in [5.41, 5.74) is 2.44. The maximum atomic E-state index is 14.2. The Morgan fingerprint density at radius 1 is 1.23 bits per heavy atom. The average molecular weight is 320 g/mol. The minimum absolute atomic E-state index is 0.141.